The van der Waals surface area contributed by atoms with Crippen molar-refractivity contribution in [2.75, 3.05) is 12.8 Å². The van der Waals surface area contributed by atoms with Gasteiger partial charge in [-0.1, -0.05) is 13.8 Å². The summed E-state index contributed by atoms with van der Waals surface area (Å²) in [4.78, 5) is 0.240. The van der Waals surface area contributed by atoms with Crippen molar-refractivity contribution < 1.29 is 0 Å². The van der Waals surface area contributed by atoms with E-state index in [1.807, 2.05) is 18.8 Å². The van der Waals surface area contributed by atoms with Gasteiger partial charge < -0.3 is 5.32 Å². The van der Waals surface area contributed by atoms with Gasteiger partial charge >= 0.3 is 0 Å². The van der Waals surface area contributed by atoms with Crippen molar-refractivity contribution in [1.29, 1.82) is 0 Å². The molecule has 0 spiro atoms. The largest absolute Gasteiger partial charge is 0.306 e. The number of hydrogen-bond acceptors (Lipinski definition) is 2. The van der Waals surface area contributed by atoms with E-state index in [0.29, 0.717) is 0 Å². The van der Waals surface area contributed by atoms with Crippen LogP contribution >= 0.6 is 11.8 Å². The highest BCUT2D eigenvalue weighted by molar-refractivity contribution is 8.00. The highest BCUT2D eigenvalue weighted by atomic mass is 32.2. The Morgan fingerprint density at radius 2 is 1.90 bits per heavy atom. The lowest BCUT2D eigenvalue weighted by Gasteiger charge is -2.24. The van der Waals surface area contributed by atoms with Crippen molar-refractivity contribution >= 4 is 11.8 Å². The van der Waals surface area contributed by atoms with Crippen LogP contribution in [0.5, 0.6) is 0 Å². The number of rotatable bonds is 4. The molecule has 0 heterocycles. The van der Waals surface area contributed by atoms with Gasteiger partial charge in [0.25, 0.3) is 0 Å². The van der Waals surface area contributed by atoms with E-state index >= 15 is 0 Å². The van der Waals surface area contributed by atoms with Crippen LogP contribution in [0.2, 0.25) is 0 Å². The van der Waals surface area contributed by atoms with Crippen LogP contribution in [0.3, 0.4) is 0 Å². The summed E-state index contributed by atoms with van der Waals surface area (Å²) in [5.41, 5.74) is 0. The summed E-state index contributed by atoms with van der Waals surface area (Å²) in [5, 5.41) is 3.26. The molecular weight excluding hydrogens is 142 g/mol. The summed E-state index contributed by atoms with van der Waals surface area (Å²) in [6.45, 7) is 8.91. The van der Waals surface area contributed by atoms with Crippen LogP contribution in [0, 0.1) is 5.92 Å². The minimum absolute atomic E-state index is 0.240. The topological polar surface area (TPSA) is 12.0 Å². The number of thioether (sulfide) groups is 1. The highest BCUT2D eigenvalue weighted by Gasteiger charge is 2.14. The van der Waals surface area contributed by atoms with Crippen LogP contribution in [-0.4, -0.2) is 17.7 Å². The van der Waals surface area contributed by atoms with Crippen molar-refractivity contribution in [3.05, 3.63) is 0 Å². The van der Waals surface area contributed by atoms with E-state index in [4.69, 9.17) is 0 Å². The molecule has 0 aromatic heterocycles. The van der Waals surface area contributed by atoms with Gasteiger partial charge in [0.1, 0.15) is 0 Å². The van der Waals surface area contributed by atoms with Crippen LogP contribution in [0.4, 0.5) is 0 Å². The zero-order chi connectivity index (χ0) is 8.20. The van der Waals surface area contributed by atoms with Crippen molar-refractivity contribution in [3.63, 3.8) is 0 Å². The fourth-order valence-corrected chi connectivity index (χ4v) is 1.34. The van der Waals surface area contributed by atoms with E-state index in [2.05, 4.69) is 33.0 Å². The number of nitrogens with one attached hydrogen (secondary N) is 1. The van der Waals surface area contributed by atoms with E-state index in [1.54, 1.807) is 0 Å². The van der Waals surface area contributed by atoms with E-state index in [1.165, 1.54) is 5.75 Å². The normalized spacial score (nSPS) is 12.6. The van der Waals surface area contributed by atoms with E-state index < -0.39 is 0 Å². The summed E-state index contributed by atoms with van der Waals surface area (Å²) in [6.07, 6.45) is 0. The lowest BCUT2D eigenvalue weighted by Crippen LogP contribution is -2.32. The minimum atomic E-state index is 0.240. The van der Waals surface area contributed by atoms with Crippen LogP contribution in [0.25, 0.3) is 0 Å². The molecule has 0 saturated heterocycles. The lowest BCUT2D eigenvalue weighted by atomic mass is 10.3. The van der Waals surface area contributed by atoms with Gasteiger partial charge in [0.05, 0.1) is 4.87 Å². The quantitative estimate of drug-likeness (QED) is 0.635. The van der Waals surface area contributed by atoms with Crippen LogP contribution in [-0.2, 0) is 0 Å². The first-order valence-corrected chi connectivity index (χ1v) is 4.79. The Labute approximate surface area is 69.0 Å². The molecule has 0 aliphatic carbocycles. The second kappa shape index (κ2) is 4.24. The molecule has 2 heteroatoms. The molecule has 0 atom stereocenters. The molecule has 0 unspecified atom stereocenters. The van der Waals surface area contributed by atoms with E-state index in [0.717, 1.165) is 5.92 Å². The summed E-state index contributed by atoms with van der Waals surface area (Å²) >= 11 is 1.98. The Morgan fingerprint density at radius 1 is 1.40 bits per heavy atom. The molecule has 1 nitrogen and oxygen atoms in total. The molecule has 0 radical (unpaired) electrons. The Bertz CT molecular complexity index is 89.3. The van der Waals surface area contributed by atoms with Gasteiger partial charge in [-0.15, -0.1) is 11.8 Å². The molecule has 0 aliphatic heterocycles. The second-order valence-electron chi connectivity index (χ2n) is 3.47. The molecule has 62 valence electrons. The predicted molar refractivity (Wildman–Crippen MR) is 50.4 cm³/mol. The lowest BCUT2D eigenvalue weighted by molar-refractivity contribution is 0.604. The molecular formula is C8H19NS. The van der Waals surface area contributed by atoms with Crippen molar-refractivity contribution in [1.82, 2.24) is 5.32 Å². The maximum Gasteiger partial charge on any atom is 0.0585 e. The van der Waals surface area contributed by atoms with Crippen molar-refractivity contribution in [2.45, 2.75) is 32.6 Å². The summed E-state index contributed by atoms with van der Waals surface area (Å²) < 4.78 is 0. The van der Waals surface area contributed by atoms with Crippen LogP contribution < -0.4 is 5.32 Å². The molecule has 10 heavy (non-hydrogen) atoms. The van der Waals surface area contributed by atoms with Gasteiger partial charge in [-0.05, 0) is 32.6 Å². The fraction of sp³-hybridized carbons (Fsp3) is 1.00. The molecule has 0 bridgehead atoms. The summed E-state index contributed by atoms with van der Waals surface area (Å²) in [6, 6.07) is 0. The van der Waals surface area contributed by atoms with Gasteiger partial charge in [0.2, 0.25) is 0 Å². The first-order chi connectivity index (χ1) is 4.48. The monoisotopic (exact) mass is 161 g/mol. The van der Waals surface area contributed by atoms with Crippen molar-refractivity contribution in [3.8, 4) is 0 Å². The summed E-state index contributed by atoms with van der Waals surface area (Å²) in [7, 11) is 2.01. The van der Waals surface area contributed by atoms with Gasteiger partial charge in [-0.3, -0.25) is 0 Å². The first kappa shape index (κ1) is 10.3. The molecule has 1 N–H and O–H groups in total. The molecule has 0 rings (SSSR count). The van der Waals surface area contributed by atoms with Crippen LogP contribution in [0.15, 0.2) is 0 Å². The molecule has 0 aliphatic rings. The predicted octanol–water partition coefficient (Wildman–Crippen LogP) is 2.33. The average molecular weight is 161 g/mol. The highest BCUT2D eigenvalue weighted by Crippen LogP contribution is 2.22. The van der Waals surface area contributed by atoms with Gasteiger partial charge in [-0.2, -0.15) is 0 Å². The Morgan fingerprint density at radius 3 is 2.20 bits per heavy atom. The third kappa shape index (κ3) is 5.12. The molecule has 0 aromatic carbocycles. The van der Waals surface area contributed by atoms with E-state index in [9.17, 15) is 0 Å². The maximum absolute atomic E-state index is 3.26. The third-order valence-electron chi connectivity index (χ3n) is 1.38. The van der Waals surface area contributed by atoms with Gasteiger partial charge in [-0.25, -0.2) is 0 Å². The fourth-order valence-electron chi connectivity index (χ4n) is 0.447. The Hall–Kier alpha value is 0.310. The number of hydrogen-bond donors (Lipinski definition) is 1. The summed E-state index contributed by atoms with van der Waals surface area (Å²) in [5.74, 6) is 2.02. The molecule has 0 amide bonds. The third-order valence-corrected chi connectivity index (χ3v) is 3.14. The zero-order valence-electron chi connectivity index (χ0n) is 7.69. The van der Waals surface area contributed by atoms with Crippen LogP contribution in [0.1, 0.15) is 27.7 Å². The Kier molecular flexibility index (Phi) is 4.37. The Balaban J connectivity index is 3.46. The molecule has 0 fully saturated rings. The van der Waals surface area contributed by atoms with E-state index in [-0.39, 0.29) is 4.87 Å². The zero-order valence-corrected chi connectivity index (χ0v) is 8.51. The first-order valence-electron chi connectivity index (χ1n) is 3.81. The smallest absolute Gasteiger partial charge is 0.0585 e. The minimum Gasteiger partial charge on any atom is -0.306 e. The second-order valence-corrected chi connectivity index (χ2v) is 5.11. The van der Waals surface area contributed by atoms with Gasteiger partial charge in [0.15, 0.2) is 0 Å². The van der Waals surface area contributed by atoms with Gasteiger partial charge in [0, 0.05) is 0 Å². The standard InChI is InChI=1S/C8H19NS/c1-7(2)6-10-8(3,4)9-5/h7,9H,6H2,1-5H3. The molecule has 0 aromatic rings. The maximum atomic E-state index is 3.26. The molecule has 0 saturated carbocycles. The average Bonchev–Trinajstić information content (AvgIpc) is 1.85. The SMILES string of the molecule is CNC(C)(C)SCC(C)C. The van der Waals surface area contributed by atoms with Crippen molar-refractivity contribution in [2.24, 2.45) is 5.92 Å².